The van der Waals surface area contributed by atoms with Crippen LogP contribution in [0.3, 0.4) is 0 Å². The van der Waals surface area contributed by atoms with Crippen LogP contribution in [-0.2, 0) is 9.59 Å². The Morgan fingerprint density at radius 2 is 1.96 bits per heavy atom. The normalized spacial score (nSPS) is 15.6. The van der Waals surface area contributed by atoms with Crippen LogP contribution < -0.4 is 10.1 Å². The number of carbonyl (C=O) groups excluding carboxylic acids is 2. The van der Waals surface area contributed by atoms with E-state index in [2.05, 4.69) is 43.8 Å². The molecule has 1 saturated heterocycles. The molecule has 2 rings (SSSR count). The third kappa shape index (κ3) is 4.04. The highest BCUT2D eigenvalue weighted by molar-refractivity contribution is 9.11. The fourth-order valence-electron chi connectivity index (χ4n) is 1.97. The van der Waals surface area contributed by atoms with Gasteiger partial charge >= 0.3 is 12.0 Å². The average Bonchev–Trinajstić information content (AvgIpc) is 2.74. The van der Waals surface area contributed by atoms with Crippen molar-refractivity contribution in [3.8, 4) is 5.75 Å². The Labute approximate surface area is 154 Å². The second-order valence-electron chi connectivity index (χ2n) is 4.69. The zero-order valence-electron chi connectivity index (χ0n) is 12.2. The third-order valence-corrected chi connectivity index (χ3v) is 4.12. The summed E-state index contributed by atoms with van der Waals surface area (Å²) in [4.78, 5) is 35.5. The van der Waals surface area contributed by atoms with Crippen molar-refractivity contribution in [1.29, 1.82) is 0 Å². The van der Waals surface area contributed by atoms with Gasteiger partial charge in [-0.3, -0.25) is 9.69 Å². The Hall–Kier alpha value is -2.13. The van der Waals surface area contributed by atoms with Gasteiger partial charge in [-0.05, 0) is 55.6 Å². The molecule has 7 nitrogen and oxygen atoms in total. The maximum absolute atomic E-state index is 12.1. The van der Waals surface area contributed by atoms with Gasteiger partial charge in [0.05, 0.1) is 8.95 Å². The third-order valence-electron chi connectivity index (χ3n) is 2.95. The van der Waals surface area contributed by atoms with E-state index in [-0.39, 0.29) is 12.2 Å². The van der Waals surface area contributed by atoms with Crippen LogP contribution in [0.2, 0.25) is 0 Å². The number of rotatable bonds is 6. The lowest BCUT2D eigenvalue weighted by Gasteiger charge is -2.10. The number of halogens is 2. The van der Waals surface area contributed by atoms with Gasteiger partial charge in [0.15, 0.2) is 6.61 Å². The highest BCUT2D eigenvalue weighted by Crippen LogP contribution is 2.35. The van der Waals surface area contributed by atoms with Gasteiger partial charge in [-0.1, -0.05) is 6.08 Å². The molecule has 1 aromatic rings. The van der Waals surface area contributed by atoms with E-state index < -0.39 is 24.5 Å². The SMILES string of the molecule is C=CCN1C(=O)N/C(=C/c2cc(Br)c(OCC(=O)O)c(Br)c2)C1=O. The average molecular weight is 460 g/mol. The monoisotopic (exact) mass is 458 g/mol. The number of carbonyl (C=O) groups is 3. The van der Waals surface area contributed by atoms with Crippen molar-refractivity contribution in [2.24, 2.45) is 0 Å². The molecule has 1 fully saturated rings. The minimum Gasteiger partial charge on any atom is -0.480 e. The smallest absolute Gasteiger partial charge is 0.341 e. The predicted molar refractivity (Wildman–Crippen MR) is 93.4 cm³/mol. The molecule has 1 aliphatic heterocycles. The zero-order valence-corrected chi connectivity index (χ0v) is 15.4. The second-order valence-corrected chi connectivity index (χ2v) is 6.40. The highest BCUT2D eigenvalue weighted by atomic mass is 79.9. The number of benzene rings is 1. The molecule has 3 amide bonds. The molecule has 0 unspecified atom stereocenters. The summed E-state index contributed by atoms with van der Waals surface area (Å²) in [6.07, 6.45) is 2.97. The molecular formula is C15H12Br2N2O5. The van der Waals surface area contributed by atoms with Crippen molar-refractivity contribution >= 4 is 55.8 Å². The Morgan fingerprint density at radius 3 is 2.50 bits per heavy atom. The summed E-state index contributed by atoms with van der Waals surface area (Å²) in [5, 5.41) is 11.2. The van der Waals surface area contributed by atoms with Crippen molar-refractivity contribution < 1.29 is 24.2 Å². The van der Waals surface area contributed by atoms with Crippen molar-refractivity contribution in [2.45, 2.75) is 0 Å². The molecular weight excluding hydrogens is 448 g/mol. The van der Waals surface area contributed by atoms with Gasteiger partial charge < -0.3 is 15.2 Å². The molecule has 2 N–H and O–H groups in total. The number of hydrogen-bond acceptors (Lipinski definition) is 4. The van der Waals surface area contributed by atoms with Crippen molar-refractivity contribution in [3.63, 3.8) is 0 Å². The number of hydrogen-bond donors (Lipinski definition) is 2. The van der Waals surface area contributed by atoms with Crippen LogP contribution in [0.4, 0.5) is 4.79 Å². The lowest BCUT2D eigenvalue weighted by atomic mass is 10.2. The van der Waals surface area contributed by atoms with Crippen molar-refractivity contribution in [2.75, 3.05) is 13.2 Å². The first-order valence-electron chi connectivity index (χ1n) is 6.62. The van der Waals surface area contributed by atoms with Crippen LogP contribution in [0.15, 0.2) is 39.4 Å². The fourth-order valence-corrected chi connectivity index (χ4v) is 3.42. The molecule has 24 heavy (non-hydrogen) atoms. The van der Waals surface area contributed by atoms with Crippen LogP contribution in [0.25, 0.3) is 6.08 Å². The molecule has 0 saturated carbocycles. The van der Waals surface area contributed by atoms with E-state index >= 15 is 0 Å². The molecule has 126 valence electrons. The number of aliphatic carboxylic acids is 1. The standard InChI is InChI=1S/C15H12Br2N2O5/c1-2-3-19-14(22)11(18-15(19)23)6-8-4-9(16)13(10(17)5-8)24-7-12(20)21/h2,4-6H,1,3,7H2,(H,18,23)(H,20,21)/b11-6+. The van der Waals surface area contributed by atoms with Crippen LogP contribution >= 0.6 is 31.9 Å². The first kappa shape index (κ1) is 18.2. The van der Waals surface area contributed by atoms with Gasteiger partial charge in [0.25, 0.3) is 5.91 Å². The minimum atomic E-state index is -1.10. The summed E-state index contributed by atoms with van der Waals surface area (Å²) in [6, 6.07) is 2.78. The summed E-state index contributed by atoms with van der Waals surface area (Å²) in [6.45, 7) is 3.14. The van der Waals surface area contributed by atoms with Crippen LogP contribution in [-0.4, -0.2) is 41.1 Å². The summed E-state index contributed by atoms with van der Waals surface area (Å²) in [5.41, 5.74) is 0.750. The summed E-state index contributed by atoms with van der Waals surface area (Å²) >= 11 is 6.58. The molecule has 1 aliphatic rings. The van der Waals surface area contributed by atoms with E-state index in [0.717, 1.165) is 4.90 Å². The largest absolute Gasteiger partial charge is 0.480 e. The maximum atomic E-state index is 12.1. The lowest BCUT2D eigenvalue weighted by molar-refractivity contribution is -0.139. The van der Waals surface area contributed by atoms with Gasteiger partial charge in [-0.25, -0.2) is 9.59 Å². The first-order chi connectivity index (χ1) is 11.3. The summed E-state index contributed by atoms with van der Waals surface area (Å²) < 4.78 is 6.18. The van der Waals surface area contributed by atoms with E-state index in [1.807, 2.05) is 0 Å². The van der Waals surface area contributed by atoms with Gasteiger partial charge in [-0.15, -0.1) is 6.58 Å². The number of amides is 3. The summed E-state index contributed by atoms with van der Waals surface area (Å²) in [5.74, 6) is -1.21. The van der Waals surface area contributed by atoms with E-state index in [1.165, 1.54) is 12.2 Å². The zero-order chi connectivity index (χ0) is 17.9. The predicted octanol–water partition coefficient (Wildman–Crippen LogP) is 2.75. The number of carboxylic acid groups (broad SMARTS) is 1. The Kier molecular flexibility index (Phi) is 5.79. The Bertz CT molecular complexity index is 737. The van der Waals surface area contributed by atoms with E-state index in [4.69, 9.17) is 9.84 Å². The maximum Gasteiger partial charge on any atom is 0.341 e. The molecule has 0 atom stereocenters. The van der Waals surface area contributed by atoms with E-state index in [1.54, 1.807) is 12.1 Å². The lowest BCUT2D eigenvalue weighted by Crippen LogP contribution is -2.30. The molecule has 9 heteroatoms. The number of imide groups is 1. The molecule has 0 spiro atoms. The van der Waals surface area contributed by atoms with Gasteiger partial charge in [0, 0.05) is 6.54 Å². The molecule has 0 aliphatic carbocycles. The molecule has 0 aromatic heterocycles. The quantitative estimate of drug-likeness (QED) is 0.387. The topological polar surface area (TPSA) is 95.9 Å². The van der Waals surface area contributed by atoms with Gasteiger partial charge in [0.2, 0.25) is 0 Å². The molecule has 0 bridgehead atoms. The van der Waals surface area contributed by atoms with Gasteiger partial charge in [0.1, 0.15) is 11.4 Å². The van der Waals surface area contributed by atoms with Gasteiger partial charge in [-0.2, -0.15) is 0 Å². The van der Waals surface area contributed by atoms with Crippen molar-refractivity contribution in [1.82, 2.24) is 10.2 Å². The van der Waals surface area contributed by atoms with Crippen molar-refractivity contribution in [3.05, 3.63) is 45.0 Å². The first-order valence-corrected chi connectivity index (χ1v) is 8.21. The van der Waals surface area contributed by atoms with Crippen LogP contribution in [0.1, 0.15) is 5.56 Å². The number of nitrogens with zero attached hydrogens (tertiary/aromatic N) is 1. The molecule has 1 aromatic carbocycles. The number of carboxylic acids is 1. The fraction of sp³-hybridized carbons (Fsp3) is 0.133. The highest BCUT2D eigenvalue weighted by Gasteiger charge is 2.32. The number of nitrogens with one attached hydrogen (secondary N) is 1. The van der Waals surface area contributed by atoms with Crippen LogP contribution in [0.5, 0.6) is 5.75 Å². The number of ether oxygens (including phenoxy) is 1. The molecule has 1 heterocycles. The Morgan fingerprint density at radius 1 is 1.33 bits per heavy atom. The second kappa shape index (κ2) is 7.63. The molecule has 0 radical (unpaired) electrons. The van der Waals surface area contributed by atoms with E-state index in [0.29, 0.717) is 20.3 Å². The van der Waals surface area contributed by atoms with E-state index in [9.17, 15) is 14.4 Å². The van der Waals surface area contributed by atoms with Crippen LogP contribution in [0, 0.1) is 0 Å². The Balaban J connectivity index is 2.27. The minimum absolute atomic E-state index is 0.122. The number of urea groups is 1. The summed E-state index contributed by atoms with van der Waals surface area (Å²) in [7, 11) is 0.